The van der Waals surface area contributed by atoms with E-state index < -0.39 is 6.04 Å². The highest BCUT2D eigenvalue weighted by atomic mass is 16.5. The maximum Gasteiger partial charge on any atom is 0.252 e. The fraction of sp³-hybridized carbons (Fsp3) is 0.300. The third-order valence-electron chi connectivity index (χ3n) is 5.00. The molecule has 0 unspecified atom stereocenters. The SMILES string of the molecule is COc1ccccc1N1CCN(C(=O)[C@@H](c2ccccc2)n2cnnn2)CC1. The number of carbonyl (C=O) groups is 1. The lowest BCUT2D eigenvalue weighted by Gasteiger charge is -2.37. The fourth-order valence-corrected chi connectivity index (χ4v) is 3.56. The van der Waals surface area contributed by atoms with Crippen molar-refractivity contribution >= 4 is 11.6 Å². The first-order valence-electron chi connectivity index (χ1n) is 9.22. The van der Waals surface area contributed by atoms with E-state index >= 15 is 0 Å². The quantitative estimate of drug-likeness (QED) is 0.672. The van der Waals surface area contributed by atoms with Gasteiger partial charge < -0.3 is 14.5 Å². The number of nitrogens with zero attached hydrogens (tertiary/aromatic N) is 6. The lowest BCUT2D eigenvalue weighted by Crippen LogP contribution is -2.51. The normalized spacial score (nSPS) is 15.3. The third-order valence-corrected chi connectivity index (χ3v) is 5.00. The molecule has 1 atom stereocenters. The van der Waals surface area contributed by atoms with Crippen molar-refractivity contribution in [3.63, 3.8) is 0 Å². The van der Waals surface area contributed by atoms with E-state index in [-0.39, 0.29) is 5.91 Å². The Morgan fingerprint density at radius 2 is 1.71 bits per heavy atom. The van der Waals surface area contributed by atoms with E-state index in [1.165, 1.54) is 11.0 Å². The summed E-state index contributed by atoms with van der Waals surface area (Å²) in [7, 11) is 1.68. The Morgan fingerprint density at radius 3 is 2.39 bits per heavy atom. The average Bonchev–Trinajstić information content (AvgIpc) is 3.29. The maximum atomic E-state index is 13.3. The molecule has 1 aliphatic rings. The summed E-state index contributed by atoms with van der Waals surface area (Å²) in [4.78, 5) is 17.5. The number of para-hydroxylation sites is 2. The molecule has 144 valence electrons. The Hall–Kier alpha value is -3.42. The Bertz CT molecular complexity index is 907. The molecule has 0 bridgehead atoms. The first kappa shape index (κ1) is 18.0. The minimum absolute atomic E-state index is 0.00169. The van der Waals surface area contributed by atoms with Crippen molar-refractivity contribution in [3.8, 4) is 5.75 Å². The van der Waals surface area contributed by atoms with Crippen LogP contribution in [0, 0.1) is 0 Å². The molecule has 1 aliphatic heterocycles. The number of ether oxygens (including phenoxy) is 1. The van der Waals surface area contributed by atoms with Gasteiger partial charge in [-0.2, -0.15) is 0 Å². The molecule has 3 aromatic rings. The largest absolute Gasteiger partial charge is 0.495 e. The number of anilines is 1. The first-order chi connectivity index (χ1) is 13.8. The van der Waals surface area contributed by atoms with Gasteiger partial charge in [0.25, 0.3) is 5.91 Å². The number of methoxy groups -OCH3 is 1. The molecule has 0 aliphatic carbocycles. The number of tetrazole rings is 1. The molecule has 8 nitrogen and oxygen atoms in total. The van der Waals surface area contributed by atoms with Crippen LogP contribution in [-0.4, -0.2) is 64.3 Å². The predicted octanol–water partition coefficient (Wildman–Crippen LogP) is 1.62. The number of hydrogen-bond acceptors (Lipinski definition) is 6. The topological polar surface area (TPSA) is 76.4 Å². The summed E-state index contributed by atoms with van der Waals surface area (Å²) in [5.41, 5.74) is 1.92. The Labute approximate surface area is 163 Å². The van der Waals surface area contributed by atoms with Gasteiger partial charge in [-0.3, -0.25) is 4.79 Å². The average molecular weight is 378 g/mol. The highest BCUT2D eigenvalue weighted by molar-refractivity contribution is 5.84. The molecule has 4 rings (SSSR count). The summed E-state index contributed by atoms with van der Waals surface area (Å²) in [6.45, 7) is 2.73. The molecule has 1 fully saturated rings. The summed E-state index contributed by atoms with van der Waals surface area (Å²) in [5, 5.41) is 11.4. The van der Waals surface area contributed by atoms with Crippen LogP contribution in [-0.2, 0) is 4.79 Å². The van der Waals surface area contributed by atoms with Gasteiger partial charge in [0.1, 0.15) is 12.1 Å². The molecule has 2 aromatic carbocycles. The summed E-state index contributed by atoms with van der Waals surface area (Å²) in [6.07, 6.45) is 1.49. The molecule has 28 heavy (non-hydrogen) atoms. The van der Waals surface area contributed by atoms with Crippen molar-refractivity contribution in [2.45, 2.75) is 6.04 Å². The van der Waals surface area contributed by atoms with Crippen molar-refractivity contribution in [1.82, 2.24) is 25.1 Å². The van der Waals surface area contributed by atoms with Crippen molar-refractivity contribution in [2.24, 2.45) is 0 Å². The summed E-state index contributed by atoms with van der Waals surface area (Å²) in [6, 6.07) is 17.0. The van der Waals surface area contributed by atoms with E-state index in [4.69, 9.17) is 4.74 Å². The van der Waals surface area contributed by atoms with Gasteiger partial charge >= 0.3 is 0 Å². The van der Waals surface area contributed by atoms with E-state index in [2.05, 4.69) is 20.4 Å². The molecule has 2 heterocycles. The number of rotatable bonds is 5. The van der Waals surface area contributed by atoms with Crippen LogP contribution < -0.4 is 9.64 Å². The molecular weight excluding hydrogens is 356 g/mol. The standard InChI is InChI=1S/C20H22N6O2/c1-28-18-10-6-5-9-17(18)24-11-13-25(14-12-24)20(27)19(26-15-21-22-23-26)16-7-3-2-4-8-16/h2-10,15,19H,11-14H2,1H3/t19-/m1/s1. The number of benzene rings is 2. The van der Waals surface area contributed by atoms with Crippen molar-refractivity contribution < 1.29 is 9.53 Å². The number of amides is 1. The van der Waals surface area contributed by atoms with Crippen LogP contribution in [0.5, 0.6) is 5.75 Å². The molecule has 1 aromatic heterocycles. The van der Waals surface area contributed by atoms with Gasteiger partial charge in [-0.1, -0.05) is 42.5 Å². The lowest BCUT2D eigenvalue weighted by molar-refractivity contribution is -0.134. The van der Waals surface area contributed by atoms with Crippen LogP contribution in [0.15, 0.2) is 60.9 Å². The number of aromatic nitrogens is 4. The Balaban J connectivity index is 1.51. The first-order valence-corrected chi connectivity index (χ1v) is 9.22. The highest BCUT2D eigenvalue weighted by Gasteiger charge is 2.31. The van der Waals surface area contributed by atoms with Crippen LogP contribution in [0.25, 0.3) is 0 Å². The van der Waals surface area contributed by atoms with Gasteiger partial charge in [-0.15, -0.1) is 5.10 Å². The van der Waals surface area contributed by atoms with Gasteiger partial charge in [0.05, 0.1) is 12.8 Å². The minimum Gasteiger partial charge on any atom is -0.495 e. The third kappa shape index (κ3) is 3.53. The van der Waals surface area contributed by atoms with Crippen LogP contribution in [0.3, 0.4) is 0 Å². The van der Waals surface area contributed by atoms with E-state index in [1.807, 2.05) is 59.5 Å². The predicted molar refractivity (Wildman–Crippen MR) is 104 cm³/mol. The van der Waals surface area contributed by atoms with E-state index in [1.54, 1.807) is 7.11 Å². The van der Waals surface area contributed by atoms with Crippen LogP contribution >= 0.6 is 0 Å². The molecule has 0 radical (unpaired) electrons. The van der Waals surface area contributed by atoms with Crippen molar-refractivity contribution in [3.05, 3.63) is 66.5 Å². The molecule has 0 N–H and O–H groups in total. The number of carbonyl (C=O) groups excluding carboxylic acids is 1. The zero-order valence-corrected chi connectivity index (χ0v) is 15.7. The molecule has 8 heteroatoms. The van der Waals surface area contributed by atoms with Crippen LogP contribution in [0.4, 0.5) is 5.69 Å². The minimum atomic E-state index is -0.561. The van der Waals surface area contributed by atoms with E-state index in [0.717, 1.165) is 30.1 Å². The smallest absolute Gasteiger partial charge is 0.252 e. The van der Waals surface area contributed by atoms with Crippen LogP contribution in [0.1, 0.15) is 11.6 Å². The monoisotopic (exact) mass is 378 g/mol. The molecule has 0 saturated carbocycles. The molecule has 0 spiro atoms. The Kier molecular flexibility index (Phi) is 5.18. The second-order valence-electron chi connectivity index (χ2n) is 6.59. The second-order valence-corrected chi connectivity index (χ2v) is 6.59. The van der Waals surface area contributed by atoms with Gasteiger partial charge in [0.2, 0.25) is 0 Å². The zero-order chi connectivity index (χ0) is 19.3. The van der Waals surface area contributed by atoms with Crippen molar-refractivity contribution in [2.75, 3.05) is 38.2 Å². The lowest BCUT2D eigenvalue weighted by atomic mass is 10.1. The fourth-order valence-electron chi connectivity index (χ4n) is 3.56. The van der Waals surface area contributed by atoms with Crippen molar-refractivity contribution in [1.29, 1.82) is 0 Å². The molecule has 1 amide bonds. The summed E-state index contributed by atoms with van der Waals surface area (Å²) in [5.74, 6) is 0.844. The van der Waals surface area contributed by atoms with Gasteiger partial charge in [-0.05, 0) is 28.1 Å². The van der Waals surface area contributed by atoms with Gasteiger partial charge in [0.15, 0.2) is 6.04 Å². The second kappa shape index (κ2) is 8.08. The summed E-state index contributed by atoms with van der Waals surface area (Å²) >= 11 is 0. The summed E-state index contributed by atoms with van der Waals surface area (Å²) < 4.78 is 6.99. The van der Waals surface area contributed by atoms with Gasteiger partial charge in [0, 0.05) is 26.2 Å². The molecular formula is C20H22N6O2. The highest BCUT2D eigenvalue weighted by Crippen LogP contribution is 2.29. The van der Waals surface area contributed by atoms with Gasteiger partial charge in [-0.25, -0.2) is 4.68 Å². The van der Waals surface area contributed by atoms with E-state index in [9.17, 15) is 4.79 Å². The molecule has 1 saturated heterocycles. The maximum absolute atomic E-state index is 13.3. The zero-order valence-electron chi connectivity index (χ0n) is 15.7. The van der Waals surface area contributed by atoms with Crippen LogP contribution in [0.2, 0.25) is 0 Å². The number of piperazine rings is 1. The Morgan fingerprint density at radius 1 is 1.00 bits per heavy atom. The van der Waals surface area contributed by atoms with E-state index in [0.29, 0.717) is 13.1 Å². The number of hydrogen-bond donors (Lipinski definition) is 0.